The summed E-state index contributed by atoms with van der Waals surface area (Å²) in [5.74, 6) is -0.568. The molecule has 1 N–H and O–H groups in total. The molecule has 3 rings (SSSR count). The van der Waals surface area contributed by atoms with Gasteiger partial charge in [0, 0.05) is 19.0 Å². The molecular formula is C23H27F3N2O3S. The fourth-order valence-corrected chi connectivity index (χ4v) is 5.56. The van der Waals surface area contributed by atoms with Gasteiger partial charge in [0.15, 0.2) is 0 Å². The zero-order valence-corrected chi connectivity index (χ0v) is 18.8. The average Bonchev–Trinajstić information content (AvgIpc) is 2.78. The minimum atomic E-state index is -4.77. The van der Waals surface area contributed by atoms with E-state index in [0.29, 0.717) is 0 Å². The van der Waals surface area contributed by atoms with Crippen LogP contribution in [0.4, 0.5) is 13.2 Å². The Hall–Kier alpha value is -2.39. The van der Waals surface area contributed by atoms with Gasteiger partial charge < -0.3 is 5.32 Å². The Morgan fingerprint density at radius 2 is 1.69 bits per heavy atom. The first kappa shape index (κ1) is 24.3. The van der Waals surface area contributed by atoms with Gasteiger partial charge in [-0.3, -0.25) is 4.79 Å². The zero-order chi connectivity index (χ0) is 23.5. The molecule has 1 atom stereocenters. The number of benzene rings is 2. The lowest BCUT2D eigenvalue weighted by molar-refractivity contribution is -0.139. The van der Waals surface area contributed by atoms with Gasteiger partial charge in [-0.2, -0.15) is 17.5 Å². The molecule has 32 heavy (non-hydrogen) atoms. The Morgan fingerprint density at radius 3 is 2.25 bits per heavy atom. The molecule has 0 radical (unpaired) electrons. The second kappa shape index (κ2) is 9.62. The van der Waals surface area contributed by atoms with Crippen molar-refractivity contribution >= 4 is 15.9 Å². The molecule has 5 nitrogen and oxygen atoms in total. The zero-order valence-electron chi connectivity index (χ0n) is 18.0. The smallest absolute Gasteiger partial charge is 0.349 e. The van der Waals surface area contributed by atoms with Crippen molar-refractivity contribution in [3.8, 4) is 0 Å². The summed E-state index contributed by atoms with van der Waals surface area (Å²) in [5.41, 5.74) is 0.995. The van der Waals surface area contributed by atoms with Crippen molar-refractivity contribution in [3.05, 3.63) is 65.2 Å². The van der Waals surface area contributed by atoms with Gasteiger partial charge >= 0.3 is 6.18 Å². The van der Waals surface area contributed by atoms with E-state index in [1.807, 2.05) is 31.2 Å². The maximum atomic E-state index is 13.3. The number of alkyl halides is 3. The van der Waals surface area contributed by atoms with E-state index >= 15 is 0 Å². The highest BCUT2D eigenvalue weighted by Crippen LogP contribution is 2.36. The van der Waals surface area contributed by atoms with Crippen molar-refractivity contribution in [2.75, 3.05) is 13.1 Å². The molecule has 0 spiro atoms. The number of piperidine rings is 1. The standard InChI is InChI=1S/C23H27F3N2O3S/c1-3-17-8-10-18(11-9-17)16(2)27-22(29)19-12-14-28(15-13-19)32(30,31)21-7-5-4-6-20(21)23(24,25)26/h4-11,16,19H,3,12-15H2,1-2H3,(H,27,29). The largest absolute Gasteiger partial charge is 0.417 e. The Kier molecular flexibility index (Phi) is 7.29. The highest BCUT2D eigenvalue weighted by Gasteiger charge is 2.40. The van der Waals surface area contributed by atoms with Crippen LogP contribution in [0.3, 0.4) is 0 Å². The van der Waals surface area contributed by atoms with Gasteiger partial charge in [0.2, 0.25) is 15.9 Å². The van der Waals surface area contributed by atoms with Crippen LogP contribution in [0.25, 0.3) is 0 Å². The number of carbonyl (C=O) groups is 1. The first-order valence-electron chi connectivity index (χ1n) is 10.6. The van der Waals surface area contributed by atoms with E-state index in [9.17, 15) is 26.4 Å². The fraction of sp³-hybridized carbons (Fsp3) is 0.435. The third-order valence-electron chi connectivity index (χ3n) is 5.88. The van der Waals surface area contributed by atoms with Crippen molar-refractivity contribution in [2.24, 2.45) is 5.92 Å². The highest BCUT2D eigenvalue weighted by molar-refractivity contribution is 7.89. The van der Waals surface area contributed by atoms with E-state index in [0.717, 1.165) is 34.5 Å². The lowest BCUT2D eigenvalue weighted by Gasteiger charge is -2.31. The molecule has 0 aromatic heterocycles. The van der Waals surface area contributed by atoms with Crippen LogP contribution in [0.15, 0.2) is 53.4 Å². The summed E-state index contributed by atoms with van der Waals surface area (Å²) < 4.78 is 66.6. The molecule has 1 amide bonds. The SMILES string of the molecule is CCc1ccc(C(C)NC(=O)C2CCN(S(=O)(=O)c3ccccc3C(F)(F)F)CC2)cc1. The van der Waals surface area contributed by atoms with E-state index in [-0.39, 0.29) is 37.9 Å². The molecule has 174 valence electrons. The number of amides is 1. The van der Waals surface area contributed by atoms with E-state index in [1.54, 1.807) is 0 Å². The summed E-state index contributed by atoms with van der Waals surface area (Å²) in [6, 6.07) is 11.9. The minimum Gasteiger partial charge on any atom is -0.349 e. The minimum absolute atomic E-state index is 0.00775. The number of sulfonamides is 1. The second-order valence-electron chi connectivity index (χ2n) is 8.00. The molecule has 9 heteroatoms. The Bertz CT molecular complexity index is 1040. The number of nitrogens with one attached hydrogen (secondary N) is 1. The number of rotatable bonds is 6. The summed E-state index contributed by atoms with van der Waals surface area (Å²) in [6.07, 6.45) is -3.34. The van der Waals surface area contributed by atoms with Gasteiger partial charge in [-0.25, -0.2) is 8.42 Å². The van der Waals surface area contributed by atoms with Gasteiger partial charge in [-0.15, -0.1) is 0 Å². The van der Waals surface area contributed by atoms with E-state index in [4.69, 9.17) is 0 Å². The van der Waals surface area contributed by atoms with Crippen LogP contribution < -0.4 is 5.32 Å². The fourth-order valence-electron chi connectivity index (χ4n) is 3.88. The summed E-state index contributed by atoms with van der Waals surface area (Å²) in [5, 5.41) is 2.96. The van der Waals surface area contributed by atoms with Crippen LogP contribution in [0.2, 0.25) is 0 Å². The molecule has 1 aliphatic heterocycles. The van der Waals surface area contributed by atoms with Crippen molar-refractivity contribution in [3.63, 3.8) is 0 Å². The molecule has 1 heterocycles. The number of hydrogen-bond acceptors (Lipinski definition) is 3. The first-order valence-corrected chi connectivity index (χ1v) is 12.0. The monoisotopic (exact) mass is 468 g/mol. The Labute approximate surface area is 186 Å². The maximum absolute atomic E-state index is 13.3. The van der Waals surface area contributed by atoms with Crippen molar-refractivity contribution in [2.45, 2.75) is 50.2 Å². The third-order valence-corrected chi connectivity index (χ3v) is 7.84. The summed E-state index contributed by atoms with van der Waals surface area (Å²) >= 11 is 0. The van der Waals surface area contributed by atoms with Crippen LogP contribution in [0, 0.1) is 5.92 Å². The molecule has 0 saturated carbocycles. The lowest BCUT2D eigenvalue weighted by Crippen LogP contribution is -2.43. The van der Waals surface area contributed by atoms with Crippen molar-refractivity contribution in [1.29, 1.82) is 0 Å². The number of halogens is 3. The maximum Gasteiger partial charge on any atom is 0.417 e. The quantitative estimate of drug-likeness (QED) is 0.677. The summed E-state index contributed by atoms with van der Waals surface area (Å²) in [7, 11) is -4.32. The molecule has 1 fully saturated rings. The molecule has 2 aromatic carbocycles. The predicted octanol–water partition coefficient (Wildman–Crippen LogP) is 4.55. The normalized spacial score (nSPS) is 17.2. The Balaban J connectivity index is 1.64. The van der Waals surface area contributed by atoms with Crippen LogP contribution in [-0.2, 0) is 27.4 Å². The molecule has 1 unspecified atom stereocenters. The van der Waals surface area contributed by atoms with E-state index in [2.05, 4.69) is 12.2 Å². The van der Waals surface area contributed by atoms with Crippen LogP contribution in [0.5, 0.6) is 0 Å². The van der Waals surface area contributed by atoms with Crippen LogP contribution in [-0.4, -0.2) is 31.7 Å². The number of nitrogens with zero attached hydrogens (tertiary/aromatic N) is 1. The second-order valence-corrected chi connectivity index (χ2v) is 9.90. The number of carbonyl (C=O) groups excluding carboxylic acids is 1. The molecule has 1 saturated heterocycles. The topological polar surface area (TPSA) is 66.5 Å². The molecular weight excluding hydrogens is 441 g/mol. The van der Waals surface area contributed by atoms with Gasteiger partial charge in [0.1, 0.15) is 0 Å². The highest BCUT2D eigenvalue weighted by atomic mass is 32.2. The summed E-state index contributed by atoms with van der Waals surface area (Å²) in [6.45, 7) is 3.93. The Morgan fingerprint density at radius 1 is 1.09 bits per heavy atom. The molecule has 1 aliphatic rings. The number of hydrogen-bond donors (Lipinski definition) is 1. The molecule has 0 bridgehead atoms. The average molecular weight is 469 g/mol. The lowest BCUT2D eigenvalue weighted by atomic mass is 9.96. The number of aryl methyl sites for hydroxylation is 1. The van der Waals surface area contributed by atoms with Crippen LogP contribution in [0.1, 0.15) is 49.4 Å². The van der Waals surface area contributed by atoms with Gasteiger partial charge in [-0.1, -0.05) is 43.3 Å². The van der Waals surface area contributed by atoms with Gasteiger partial charge in [0.25, 0.3) is 0 Å². The predicted molar refractivity (Wildman–Crippen MR) is 115 cm³/mol. The van der Waals surface area contributed by atoms with Gasteiger partial charge in [0.05, 0.1) is 16.5 Å². The third kappa shape index (κ3) is 5.32. The first-order chi connectivity index (χ1) is 15.0. The van der Waals surface area contributed by atoms with Crippen molar-refractivity contribution < 1.29 is 26.4 Å². The van der Waals surface area contributed by atoms with Crippen molar-refractivity contribution in [1.82, 2.24) is 9.62 Å². The summed E-state index contributed by atoms with van der Waals surface area (Å²) in [4.78, 5) is 11.9. The van der Waals surface area contributed by atoms with Gasteiger partial charge in [-0.05, 0) is 49.4 Å². The molecule has 2 aromatic rings. The van der Waals surface area contributed by atoms with E-state index in [1.165, 1.54) is 11.6 Å². The van der Waals surface area contributed by atoms with E-state index < -0.39 is 32.6 Å². The molecule has 0 aliphatic carbocycles. The van der Waals surface area contributed by atoms with Crippen LogP contribution >= 0.6 is 0 Å².